The number of fused-ring (bicyclic) bond motifs is 1. The van der Waals surface area contributed by atoms with Gasteiger partial charge < -0.3 is 15.0 Å². The maximum atomic E-state index is 13.4. The van der Waals surface area contributed by atoms with Crippen LogP contribution in [-0.4, -0.2) is 31.5 Å². The van der Waals surface area contributed by atoms with Crippen LogP contribution in [0, 0.1) is 5.92 Å². The lowest BCUT2D eigenvalue weighted by atomic mass is 9.97. The minimum atomic E-state index is -0.667. The molecular formula is C22H25ClN2O3. The summed E-state index contributed by atoms with van der Waals surface area (Å²) >= 11 is 6.14. The molecule has 0 fully saturated rings. The highest BCUT2D eigenvalue weighted by molar-refractivity contribution is 6.33. The van der Waals surface area contributed by atoms with Crippen molar-refractivity contribution in [1.29, 1.82) is 0 Å². The SMILES string of the molecule is COc1cccc2c1N(C(=O)C(NC(=O)c1ccccc1Cl)C(C)C)CCC2. The van der Waals surface area contributed by atoms with Crippen LogP contribution < -0.4 is 15.0 Å². The topological polar surface area (TPSA) is 58.6 Å². The third kappa shape index (κ3) is 3.99. The molecule has 1 N–H and O–H groups in total. The van der Waals surface area contributed by atoms with Gasteiger partial charge in [-0.3, -0.25) is 9.59 Å². The Morgan fingerprint density at radius 1 is 1.14 bits per heavy atom. The zero-order valence-corrected chi connectivity index (χ0v) is 17.1. The van der Waals surface area contributed by atoms with Crippen LogP contribution in [0.1, 0.15) is 36.2 Å². The van der Waals surface area contributed by atoms with E-state index in [2.05, 4.69) is 5.32 Å². The number of benzene rings is 2. The highest BCUT2D eigenvalue weighted by atomic mass is 35.5. The van der Waals surface area contributed by atoms with Gasteiger partial charge in [0, 0.05) is 6.54 Å². The average Bonchev–Trinajstić information content (AvgIpc) is 2.70. The first kappa shape index (κ1) is 20.2. The van der Waals surface area contributed by atoms with Gasteiger partial charge in [0.1, 0.15) is 11.8 Å². The molecule has 0 spiro atoms. The van der Waals surface area contributed by atoms with Crippen molar-refractivity contribution < 1.29 is 14.3 Å². The van der Waals surface area contributed by atoms with Gasteiger partial charge in [-0.15, -0.1) is 0 Å². The lowest BCUT2D eigenvalue weighted by Crippen LogP contribution is -2.52. The monoisotopic (exact) mass is 400 g/mol. The van der Waals surface area contributed by atoms with Gasteiger partial charge in [-0.1, -0.05) is 49.7 Å². The van der Waals surface area contributed by atoms with Crippen LogP contribution in [0.3, 0.4) is 0 Å². The second kappa shape index (κ2) is 8.65. The van der Waals surface area contributed by atoms with E-state index in [1.165, 1.54) is 0 Å². The second-order valence-electron chi connectivity index (χ2n) is 7.24. The second-order valence-corrected chi connectivity index (χ2v) is 7.64. The number of nitrogens with one attached hydrogen (secondary N) is 1. The van der Waals surface area contributed by atoms with Crippen molar-refractivity contribution in [3.05, 3.63) is 58.6 Å². The van der Waals surface area contributed by atoms with Crippen LogP contribution in [0.5, 0.6) is 5.75 Å². The number of para-hydroxylation sites is 1. The minimum absolute atomic E-state index is 0.0842. The number of aryl methyl sites for hydroxylation is 1. The fourth-order valence-electron chi connectivity index (χ4n) is 3.55. The van der Waals surface area contributed by atoms with Crippen LogP contribution in [0.4, 0.5) is 5.69 Å². The number of carbonyl (C=O) groups excluding carboxylic acids is 2. The summed E-state index contributed by atoms with van der Waals surface area (Å²) in [6.45, 7) is 4.43. The first-order valence-electron chi connectivity index (χ1n) is 9.46. The van der Waals surface area contributed by atoms with E-state index in [4.69, 9.17) is 16.3 Å². The number of hydrogen-bond acceptors (Lipinski definition) is 3. The molecule has 1 aliphatic heterocycles. The molecule has 2 amide bonds. The molecule has 1 aliphatic rings. The Hall–Kier alpha value is -2.53. The van der Waals surface area contributed by atoms with Crippen molar-refractivity contribution in [1.82, 2.24) is 5.32 Å². The standard InChI is InChI=1S/C22H25ClN2O3/c1-14(2)19(24-21(26)16-10-4-5-11-17(16)23)22(27)25-13-7-9-15-8-6-12-18(28-3)20(15)25/h4-6,8,10-12,14,19H,7,9,13H2,1-3H3,(H,24,26). The predicted molar refractivity (Wildman–Crippen MR) is 111 cm³/mol. The first-order valence-corrected chi connectivity index (χ1v) is 9.84. The van der Waals surface area contributed by atoms with Gasteiger partial charge in [-0.25, -0.2) is 0 Å². The van der Waals surface area contributed by atoms with Gasteiger partial charge >= 0.3 is 0 Å². The maximum absolute atomic E-state index is 13.4. The Morgan fingerprint density at radius 2 is 1.89 bits per heavy atom. The number of ether oxygens (including phenoxy) is 1. The number of amides is 2. The molecule has 2 aromatic carbocycles. The lowest BCUT2D eigenvalue weighted by molar-refractivity contribution is -0.121. The van der Waals surface area contributed by atoms with Crippen LogP contribution >= 0.6 is 11.6 Å². The zero-order chi connectivity index (χ0) is 20.3. The molecule has 0 bridgehead atoms. The van der Waals surface area contributed by atoms with Crippen molar-refractivity contribution in [2.24, 2.45) is 5.92 Å². The number of halogens is 1. The quantitative estimate of drug-likeness (QED) is 0.822. The summed E-state index contributed by atoms with van der Waals surface area (Å²) in [5.74, 6) is 0.0975. The normalized spacial score (nSPS) is 14.4. The van der Waals surface area contributed by atoms with E-state index in [-0.39, 0.29) is 17.7 Å². The van der Waals surface area contributed by atoms with E-state index < -0.39 is 6.04 Å². The molecule has 2 aromatic rings. The first-order chi connectivity index (χ1) is 13.4. The van der Waals surface area contributed by atoms with Crippen LogP contribution in [0.15, 0.2) is 42.5 Å². The fraction of sp³-hybridized carbons (Fsp3) is 0.364. The summed E-state index contributed by atoms with van der Waals surface area (Å²) in [5.41, 5.74) is 2.25. The number of anilines is 1. The molecule has 3 rings (SSSR count). The smallest absolute Gasteiger partial charge is 0.253 e. The molecule has 1 heterocycles. The molecule has 28 heavy (non-hydrogen) atoms. The van der Waals surface area contributed by atoms with Crippen molar-refractivity contribution in [3.8, 4) is 5.75 Å². The molecule has 0 radical (unpaired) electrons. The van der Waals surface area contributed by atoms with Gasteiger partial charge in [-0.05, 0) is 42.5 Å². The van der Waals surface area contributed by atoms with Crippen LogP contribution in [-0.2, 0) is 11.2 Å². The molecule has 1 atom stereocenters. The van der Waals surface area contributed by atoms with Gasteiger partial charge in [0.2, 0.25) is 5.91 Å². The van der Waals surface area contributed by atoms with Gasteiger partial charge in [-0.2, -0.15) is 0 Å². The van der Waals surface area contributed by atoms with Crippen molar-refractivity contribution in [2.45, 2.75) is 32.7 Å². The summed E-state index contributed by atoms with van der Waals surface area (Å²) in [4.78, 5) is 27.9. The molecule has 0 saturated heterocycles. The van der Waals surface area contributed by atoms with Gasteiger partial charge in [0.05, 0.1) is 23.4 Å². The predicted octanol–water partition coefficient (Wildman–Crippen LogP) is 4.08. The molecule has 0 aromatic heterocycles. The lowest BCUT2D eigenvalue weighted by Gasteiger charge is -2.34. The van der Waals surface area contributed by atoms with Crippen molar-refractivity contribution in [3.63, 3.8) is 0 Å². The van der Waals surface area contributed by atoms with E-state index >= 15 is 0 Å². The largest absolute Gasteiger partial charge is 0.495 e. The molecule has 0 saturated carbocycles. The number of hydrogen-bond donors (Lipinski definition) is 1. The van der Waals surface area contributed by atoms with Crippen LogP contribution in [0.2, 0.25) is 5.02 Å². The molecular weight excluding hydrogens is 376 g/mol. The Balaban J connectivity index is 1.89. The third-order valence-electron chi connectivity index (χ3n) is 5.00. The molecule has 1 unspecified atom stereocenters. The Kier molecular flexibility index (Phi) is 6.25. The van der Waals surface area contributed by atoms with E-state index in [1.807, 2.05) is 32.0 Å². The average molecular weight is 401 g/mol. The zero-order valence-electron chi connectivity index (χ0n) is 16.4. The molecule has 5 nitrogen and oxygen atoms in total. The number of carbonyl (C=O) groups is 2. The summed E-state index contributed by atoms with van der Waals surface area (Å²) in [7, 11) is 1.60. The number of nitrogens with zero attached hydrogens (tertiary/aromatic N) is 1. The van der Waals surface area contributed by atoms with Gasteiger partial charge in [0.25, 0.3) is 5.91 Å². The molecule has 0 aliphatic carbocycles. The third-order valence-corrected chi connectivity index (χ3v) is 5.33. The van der Waals surface area contributed by atoms with E-state index in [0.29, 0.717) is 22.9 Å². The Morgan fingerprint density at radius 3 is 2.57 bits per heavy atom. The molecule has 6 heteroatoms. The molecule has 148 valence electrons. The minimum Gasteiger partial charge on any atom is -0.495 e. The van der Waals surface area contributed by atoms with Crippen molar-refractivity contribution >= 4 is 29.1 Å². The van der Waals surface area contributed by atoms with Crippen LogP contribution in [0.25, 0.3) is 0 Å². The van der Waals surface area contributed by atoms with E-state index in [0.717, 1.165) is 24.1 Å². The Labute approximate surface area is 170 Å². The highest BCUT2D eigenvalue weighted by Crippen LogP contribution is 2.36. The fourth-order valence-corrected chi connectivity index (χ4v) is 3.77. The van der Waals surface area contributed by atoms with Gasteiger partial charge in [0.15, 0.2) is 0 Å². The summed E-state index contributed by atoms with van der Waals surface area (Å²) in [6.07, 6.45) is 1.77. The summed E-state index contributed by atoms with van der Waals surface area (Å²) < 4.78 is 5.50. The maximum Gasteiger partial charge on any atom is 0.253 e. The van der Waals surface area contributed by atoms with Crippen molar-refractivity contribution in [2.75, 3.05) is 18.6 Å². The van der Waals surface area contributed by atoms with E-state index in [9.17, 15) is 9.59 Å². The number of rotatable bonds is 5. The summed E-state index contributed by atoms with van der Waals surface area (Å²) in [6, 6.07) is 12.0. The number of methoxy groups -OCH3 is 1. The summed E-state index contributed by atoms with van der Waals surface area (Å²) in [5, 5.41) is 3.24. The highest BCUT2D eigenvalue weighted by Gasteiger charge is 2.33. The Bertz CT molecular complexity index is 868. The van der Waals surface area contributed by atoms with E-state index in [1.54, 1.807) is 36.3 Å².